The first-order valence-electron chi connectivity index (χ1n) is 8.18. The highest BCUT2D eigenvalue weighted by atomic mass is 16.6. The first-order chi connectivity index (χ1) is 10.7. The lowest BCUT2D eigenvalue weighted by Crippen LogP contribution is -2.26. The Kier molecular flexibility index (Phi) is 5.80. The first kappa shape index (κ1) is 20.1. The van der Waals surface area contributed by atoms with E-state index < -0.39 is 17.0 Å². The van der Waals surface area contributed by atoms with Crippen LogP contribution in [-0.4, -0.2) is 28.1 Å². The summed E-state index contributed by atoms with van der Waals surface area (Å²) >= 11 is 0. The molecule has 1 aromatic heterocycles. The molecule has 0 fully saturated rings. The molecule has 1 N–H and O–H groups in total. The lowest BCUT2D eigenvalue weighted by Gasteiger charge is -2.19. The number of rotatable bonds is 6. The van der Waals surface area contributed by atoms with Crippen molar-refractivity contribution < 1.29 is 19.1 Å². The SMILES string of the molecule is CC(=O)C(C)(C)CC(=O)Cc1[nH]c(C(=O)OC(C)(C)C)c(C)c1C. The van der Waals surface area contributed by atoms with Crippen LogP contribution < -0.4 is 0 Å². The van der Waals surface area contributed by atoms with Crippen molar-refractivity contribution in [2.45, 2.75) is 73.8 Å². The summed E-state index contributed by atoms with van der Waals surface area (Å²) in [7, 11) is 0. The smallest absolute Gasteiger partial charge is 0.355 e. The standard InChI is InChI=1S/C19H29NO4/c1-11-12(2)16(17(23)24-18(4,5)6)20-15(11)9-14(22)10-19(7,8)13(3)21/h20H,9-10H2,1-8H3. The molecule has 0 radical (unpaired) electrons. The van der Waals surface area contributed by atoms with Gasteiger partial charge in [0.15, 0.2) is 0 Å². The third-order valence-corrected chi connectivity index (χ3v) is 4.24. The number of nitrogens with one attached hydrogen (secondary N) is 1. The van der Waals surface area contributed by atoms with Crippen molar-refractivity contribution in [1.82, 2.24) is 4.98 Å². The van der Waals surface area contributed by atoms with Crippen molar-refractivity contribution in [1.29, 1.82) is 0 Å². The Morgan fingerprint density at radius 2 is 1.54 bits per heavy atom. The van der Waals surface area contributed by atoms with E-state index in [2.05, 4.69) is 4.98 Å². The Labute approximate surface area is 144 Å². The van der Waals surface area contributed by atoms with Gasteiger partial charge in [-0.2, -0.15) is 0 Å². The van der Waals surface area contributed by atoms with E-state index in [0.29, 0.717) is 11.4 Å². The van der Waals surface area contributed by atoms with Crippen LogP contribution in [-0.2, 0) is 20.7 Å². The maximum atomic E-state index is 12.3. The first-order valence-corrected chi connectivity index (χ1v) is 8.18. The number of Topliss-reactive ketones (excluding diaryl/α,β-unsaturated/α-hetero) is 2. The van der Waals surface area contributed by atoms with Crippen LogP contribution in [0.4, 0.5) is 0 Å². The third kappa shape index (κ3) is 5.05. The lowest BCUT2D eigenvalue weighted by molar-refractivity contribution is -0.130. The van der Waals surface area contributed by atoms with E-state index in [9.17, 15) is 14.4 Å². The van der Waals surface area contributed by atoms with Gasteiger partial charge >= 0.3 is 5.97 Å². The minimum atomic E-state index is -0.666. The molecule has 5 heteroatoms. The van der Waals surface area contributed by atoms with Crippen LogP contribution in [0.15, 0.2) is 0 Å². The minimum absolute atomic E-state index is 0.00955. The summed E-state index contributed by atoms with van der Waals surface area (Å²) in [4.78, 5) is 39.2. The van der Waals surface area contributed by atoms with E-state index in [1.165, 1.54) is 6.92 Å². The molecule has 0 aliphatic heterocycles. The van der Waals surface area contributed by atoms with Crippen molar-refractivity contribution in [2.24, 2.45) is 5.41 Å². The molecule has 0 bridgehead atoms. The molecule has 5 nitrogen and oxygen atoms in total. The highest BCUT2D eigenvalue weighted by Crippen LogP contribution is 2.25. The summed E-state index contributed by atoms with van der Waals surface area (Å²) in [5, 5.41) is 0. The zero-order valence-corrected chi connectivity index (χ0v) is 16.0. The van der Waals surface area contributed by atoms with Gasteiger partial charge in [0.1, 0.15) is 22.9 Å². The molecule has 0 amide bonds. The van der Waals surface area contributed by atoms with Crippen LogP contribution in [0.1, 0.15) is 75.3 Å². The van der Waals surface area contributed by atoms with E-state index in [4.69, 9.17) is 4.74 Å². The molecule has 0 aliphatic rings. The highest BCUT2D eigenvalue weighted by molar-refractivity contribution is 5.92. The average Bonchev–Trinajstić information content (AvgIpc) is 2.64. The van der Waals surface area contributed by atoms with Gasteiger partial charge in [-0.05, 0) is 52.7 Å². The van der Waals surface area contributed by atoms with Gasteiger partial charge in [-0.3, -0.25) is 9.59 Å². The molecule has 0 saturated heterocycles. The Morgan fingerprint density at radius 1 is 1.00 bits per heavy atom. The Bertz CT molecular complexity index is 660. The summed E-state index contributed by atoms with van der Waals surface area (Å²) in [6.45, 7) is 14.2. The molecule has 1 aromatic rings. The van der Waals surface area contributed by atoms with Crippen molar-refractivity contribution in [3.05, 3.63) is 22.5 Å². The number of aromatic nitrogens is 1. The van der Waals surface area contributed by atoms with E-state index in [1.807, 2.05) is 34.6 Å². The summed E-state index contributed by atoms with van der Waals surface area (Å²) in [5.74, 6) is -0.467. The highest BCUT2D eigenvalue weighted by Gasteiger charge is 2.28. The number of aromatic amines is 1. The number of esters is 1. The van der Waals surface area contributed by atoms with E-state index in [1.54, 1.807) is 13.8 Å². The molecular formula is C19H29NO4. The molecule has 24 heavy (non-hydrogen) atoms. The van der Waals surface area contributed by atoms with Gasteiger partial charge in [0.05, 0.1) is 0 Å². The van der Waals surface area contributed by atoms with Crippen LogP contribution in [0.2, 0.25) is 0 Å². The molecule has 0 spiro atoms. The van der Waals surface area contributed by atoms with Gasteiger partial charge in [-0.1, -0.05) is 13.8 Å². The Balaban J connectivity index is 2.96. The molecule has 0 saturated carbocycles. The molecule has 0 atom stereocenters. The summed E-state index contributed by atoms with van der Waals surface area (Å²) in [6.07, 6.45) is 0.355. The second kappa shape index (κ2) is 6.91. The van der Waals surface area contributed by atoms with E-state index >= 15 is 0 Å². The molecule has 0 unspecified atom stereocenters. The summed E-state index contributed by atoms with van der Waals surface area (Å²) < 4.78 is 5.39. The fraction of sp³-hybridized carbons (Fsp3) is 0.632. The van der Waals surface area contributed by atoms with Crippen molar-refractivity contribution in [3.63, 3.8) is 0 Å². The number of carbonyl (C=O) groups is 3. The van der Waals surface area contributed by atoms with Crippen LogP contribution in [0, 0.1) is 19.3 Å². The summed E-state index contributed by atoms with van der Waals surface area (Å²) in [5.41, 5.74) is 1.52. The molecule has 1 heterocycles. The maximum Gasteiger partial charge on any atom is 0.355 e. The normalized spacial score (nSPS) is 12.2. The Morgan fingerprint density at radius 3 is 2.00 bits per heavy atom. The average molecular weight is 335 g/mol. The van der Waals surface area contributed by atoms with Gasteiger partial charge in [0.25, 0.3) is 0 Å². The number of carbonyl (C=O) groups excluding carboxylic acids is 3. The number of hydrogen-bond donors (Lipinski definition) is 1. The van der Waals surface area contributed by atoms with Crippen LogP contribution >= 0.6 is 0 Å². The van der Waals surface area contributed by atoms with Crippen molar-refractivity contribution >= 4 is 17.5 Å². The van der Waals surface area contributed by atoms with Gasteiger partial charge in [-0.15, -0.1) is 0 Å². The predicted molar refractivity (Wildman–Crippen MR) is 93.2 cm³/mol. The number of ketones is 2. The molecule has 1 rings (SSSR count). The monoisotopic (exact) mass is 335 g/mol. The molecular weight excluding hydrogens is 306 g/mol. The van der Waals surface area contributed by atoms with E-state index in [0.717, 1.165) is 11.1 Å². The Hall–Kier alpha value is -1.91. The number of H-pyrrole nitrogens is 1. The van der Waals surface area contributed by atoms with Crippen molar-refractivity contribution in [3.8, 4) is 0 Å². The molecule has 134 valence electrons. The van der Waals surface area contributed by atoms with Crippen LogP contribution in [0.5, 0.6) is 0 Å². The number of hydrogen-bond acceptors (Lipinski definition) is 4. The van der Waals surface area contributed by atoms with Gasteiger partial charge in [-0.25, -0.2) is 4.79 Å². The second-order valence-electron chi connectivity index (χ2n) is 8.06. The van der Waals surface area contributed by atoms with Gasteiger partial charge < -0.3 is 9.72 Å². The lowest BCUT2D eigenvalue weighted by atomic mass is 9.82. The topological polar surface area (TPSA) is 76.2 Å². The van der Waals surface area contributed by atoms with Gasteiger partial charge in [0, 0.05) is 24.0 Å². The largest absolute Gasteiger partial charge is 0.455 e. The predicted octanol–water partition coefficient (Wildman–Crippen LogP) is 3.70. The molecule has 0 aliphatic carbocycles. The maximum absolute atomic E-state index is 12.3. The summed E-state index contributed by atoms with van der Waals surface area (Å²) in [6, 6.07) is 0. The van der Waals surface area contributed by atoms with E-state index in [-0.39, 0.29) is 24.4 Å². The quantitative estimate of drug-likeness (QED) is 0.804. The third-order valence-electron chi connectivity index (χ3n) is 4.24. The van der Waals surface area contributed by atoms with Crippen LogP contribution in [0.3, 0.4) is 0 Å². The van der Waals surface area contributed by atoms with Gasteiger partial charge in [0.2, 0.25) is 0 Å². The zero-order chi connectivity index (χ0) is 18.9. The number of ether oxygens (including phenoxy) is 1. The second-order valence-corrected chi connectivity index (χ2v) is 8.06. The van der Waals surface area contributed by atoms with Crippen molar-refractivity contribution in [2.75, 3.05) is 0 Å². The fourth-order valence-electron chi connectivity index (χ4n) is 2.34. The van der Waals surface area contributed by atoms with Crippen LogP contribution in [0.25, 0.3) is 0 Å². The molecule has 0 aromatic carbocycles. The minimum Gasteiger partial charge on any atom is -0.455 e. The zero-order valence-electron chi connectivity index (χ0n) is 16.0. The fourth-order valence-corrected chi connectivity index (χ4v) is 2.34.